The van der Waals surface area contributed by atoms with Crippen molar-refractivity contribution in [2.75, 3.05) is 0 Å². The van der Waals surface area contributed by atoms with E-state index in [4.69, 9.17) is 0 Å². The van der Waals surface area contributed by atoms with E-state index < -0.39 is 0 Å². The van der Waals surface area contributed by atoms with Crippen LogP contribution in [-0.2, 0) is 0 Å². The maximum Gasteiger partial charge on any atom is 0.00193 e. The van der Waals surface area contributed by atoms with Crippen molar-refractivity contribution >= 4 is 12.6 Å². The van der Waals surface area contributed by atoms with E-state index in [2.05, 4.69) is 33.4 Å². The Labute approximate surface area is 89.9 Å². The summed E-state index contributed by atoms with van der Waals surface area (Å²) in [6.07, 6.45) is 9.41. The summed E-state index contributed by atoms with van der Waals surface area (Å²) in [6, 6.07) is 0. The second kappa shape index (κ2) is 8.93. The van der Waals surface area contributed by atoms with Crippen LogP contribution in [0.2, 0.25) is 0 Å². The number of hydrogen-bond acceptors (Lipinski definition) is 1. The largest absolute Gasteiger partial charge is 0.176 e. The molecular formula is C12H26S. The van der Waals surface area contributed by atoms with Crippen LogP contribution in [0.3, 0.4) is 0 Å². The molecule has 13 heavy (non-hydrogen) atoms. The van der Waals surface area contributed by atoms with Gasteiger partial charge in [-0.3, -0.25) is 0 Å². The van der Waals surface area contributed by atoms with E-state index in [1.54, 1.807) is 0 Å². The van der Waals surface area contributed by atoms with E-state index in [9.17, 15) is 0 Å². The molecule has 0 aliphatic heterocycles. The molecule has 0 aromatic rings. The summed E-state index contributed by atoms with van der Waals surface area (Å²) < 4.78 is 0. The van der Waals surface area contributed by atoms with Gasteiger partial charge in [0.05, 0.1) is 0 Å². The molecule has 0 amide bonds. The predicted molar refractivity (Wildman–Crippen MR) is 65.6 cm³/mol. The first-order chi connectivity index (χ1) is 6.20. The van der Waals surface area contributed by atoms with E-state index in [1.807, 2.05) is 0 Å². The fourth-order valence-electron chi connectivity index (χ4n) is 1.56. The molecule has 0 aromatic carbocycles. The molecule has 0 bridgehead atoms. The highest BCUT2D eigenvalue weighted by Crippen LogP contribution is 2.19. The summed E-state index contributed by atoms with van der Waals surface area (Å²) in [7, 11) is 0. The Morgan fingerprint density at radius 3 is 2.31 bits per heavy atom. The molecule has 0 aliphatic rings. The van der Waals surface area contributed by atoms with Crippen molar-refractivity contribution in [2.45, 2.75) is 71.0 Å². The first kappa shape index (κ1) is 13.4. The van der Waals surface area contributed by atoms with Crippen LogP contribution in [0.1, 0.15) is 65.7 Å². The average Bonchev–Trinajstić information content (AvgIpc) is 2.12. The molecule has 0 aliphatic carbocycles. The molecule has 0 nitrogen and oxygen atoms in total. The normalized spacial score (nSPS) is 15.7. The quantitative estimate of drug-likeness (QED) is 0.428. The van der Waals surface area contributed by atoms with Crippen LogP contribution in [-0.4, -0.2) is 5.25 Å². The molecular weight excluding hydrogens is 176 g/mol. The number of unbranched alkanes of at least 4 members (excludes halogenated alkanes) is 3. The van der Waals surface area contributed by atoms with Crippen molar-refractivity contribution in [3.63, 3.8) is 0 Å². The van der Waals surface area contributed by atoms with Crippen molar-refractivity contribution in [3.8, 4) is 0 Å². The minimum Gasteiger partial charge on any atom is -0.176 e. The first-order valence-electron chi connectivity index (χ1n) is 5.88. The lowest BCUT2D eigenvalue weighted by atomic mass is 9.99. The fourth-order valence-corrected chi connectivity index (χ4v) is 2.10. The van der Waals surface area contributed by atoms with E-state index in [0.717, 1.165) is 5.92 Å². The van der Waals surface area contributed by atoms with E-state index >= 15 is 0 Å². The van der Waals surface area contributed by atoms with Crippen LogP contribution in [0.15, 0.2) is 0 Å². The van der Waals surface area contributed by atoms with Gasteiger partial charge in [-0.05, 0) is 18.8 Å². The molecule has 0 N–H and O–H groups in total. The number of thiol groups is 1. The Hall–Kier alpha value is 0.350. The van der Waals surface area contributed by atoms with Crippen LogP contribution >= 0.6 is 12.6 Å². The van der Waals surface area contributed by atoms with Crippen molar-refractivity contribution in [2.24, 2.45) is 5.92 Å². The summed E-state index contributed by atoms with van der Waals surface area (Å²) in [5.74, 6) is 0.855. The molecule has 0 aromatic heterocycles. The molecule has 0 fully saturated rings. The van der Waals surface area contributed by atoms with Crippen LogP contribution in [0.25, 0.3) is 0 Å². The smallest absolute Gasteiger partial charge is 0.00193 e. The van der Waals surface area contributed by atoms with Crippen molar-refractivity contribution in [1.29, 1.82) is 0 Å². The van der Waals surface area contributed by atoms with Crippen LogP contribution in [0.5, 0.6) is 0 Å². The van der Waals surface area contributed by atoms with Crippen molar-refractivity contribution < 1.29 is 0 Å². The zero-order chi connectivity index (χ0) is 10.1. The third kappa shape index (κ3) is 8.67. The zero-order valence-electron chi connectivity index (χ0n) is 9.55. The lowest BCUT2D eigenvalue weighted by Crippen LogP contribution is -2.05. The predicted octanol–water partition coefficient (Wildman–Crippen LogP) is 4.69. The number of hydrogen-bond donors (Lipinski definition) is 1. The van der Waals surface area contributed by atoms with Gasteiger partial charge in [0.1, 0.15) is 0 Å². The molecule has 0 saturated heterocycles. The molecule has 0 rings (SSSR count). The second-order valence-electron chi connectivity index (χ2n) is 4.25. The Bertz CT molecular complexity index is 101. The SMILES string of the molecule is CCCCCCC(S)CC(C)CC. The van der Waals surface area contributed by atoms with Gasteiger partial charge < -0.3 is 0 Å². The molecule has 0 spiro atoms. The van der Waals surface area contributed by atoms with Gasteiger partial charge in [0, 0.05) is 5.25 Å². The van der Waals surface area contributed by atoms with Gasteiger partial charge >= 0.3 is 0 Å². The van der Waals surface area contributed by atoms with Crippen LogP contribution in [0, 0.1) is 5.92 Å². The fraction of sp³-hybridized carbons (Fsp3) is 1.00. The van der Waals surface area contributed by atoms with Crippen molar-refractivity contribution in [3.05, 3.63) is 0 Å². The van der Waals surface area contributed by atoms with Crippen LogP contribution < -0.4 is 0 Å². The third-order valence-corrected chi connectivity index (χ3v) is 3.23. The Balaban J connectivity index is 3.24. The molecule has 1 heteroatoms. The maximum atomic E-state index is 4.63. The van der Waals surface area contributed by atoms with Gasteiger partial charge in [-0.25, -0.2) is 0 Å². The van der Waals surface area contributed by atoms with Gasteiger partial charge in [-0.2, -0.15) is 12.6 Å². The minimum absolute atomic E-state index is 0.645. The summed E-state index contributed by atoms with van der Waals surface area (Å²) in [5, 5.41) is 0.645. The zero-order valence-corrected chi connectivity index (χ0v) is 10.4. The summed E-state index contributed by atoms with van der Waals surface area (Å²) >= 11 is 4.63. The Morgan fingerprint density at radius 1 is 1.08 bits per heavy atom. The minimum atomic E-state index is 0.645. The standard InChI is InChI=1S/C12H26S/c1-4-6-7-8-9-12(13)10-11(3)5-2/h11-13H,4-10H2,1-3H3. The Morgan fingerprint density at radius 2 is 1.77 bits per heavy atom. The maximum absolute atomic E-state index is 4.63. The molecule has 0 saturated carbocycles. The lowest BCUT2D eigenvalue weighted by molar-refractivity contribution is 0.482. The lowest BCUT2D eigenvalue weighted by Gasteiger charge is -2.14. The second-order valence-corrected chi connectivity index (χ2v) is 4.98. The first-order valence-corrected chi connectivity index (χ1v) is 6.40. The molecule has 2 atom stereocenters. The van der Waals surface area contributed by atoms with Gasteiger partial charge in [-0.15, -0.1) is 0 Å². The van der Waals surface area contributed by atoms with Gasteiger partial charge in [0.25, 0.3) is 0 Å². The molecule has 0 radical (unpaired) electrons. The summed E-state index contributed by atoms with van der Waals surface area (Å²) in [6.45, 7) is 6.86. The third-order valence-electron chi connectivity index (χ3n) is 2.76. The monoisotopic (exact) mass is 202 g/mol. The highest BCUT2D eigenvalue weighted by atomic mass is 32.1. The highest BCUT2D eigenvalue weighted by Gasteiger charge is 2.07. The summed E-state index contributed by atoms with van der Waals surface area (Å²) in [4.78, 5) is 0. The van der Waals surface area contributed by atoms with E-state index in [-0.39, 0.29) is 0 Å². The summed E-state index contributed by atoms with van der Waals surface area (Å²) in [5.41, 5.74) is 0. The number of rotatable bonds is 8. The highest BCUT2D eigenvalue weighted by molar-refractivity contribution is 7.80. The molecule has 0 heterocycles. The van der Waals surface area contributed by atoms with Crippen LogP contribution in [0.4, 0.5) is 0 Å². The average molecular weight is 202 g/mol. The van der Waals surface area contributed by atoms with E-state index in [1.165, 1.54) is 44.9 Å². The van der Waals surface area contributed by atoms with E-state index in [0.29, 0.717) is 5.25 Å². The Kier molecular flexibility index (Phi) is 9.17. The molecule has 2 unspecified atom stereocenters. The van der Waals surface area contributed by atoms with Gasteiger partial charge in [0.15, 0.2) is 0 Å². The van der Waals surface area contributed by atoms with Gasteiger partial charge in [-0.1, -0.05) is 52.9 Å². The van der Waals surface area contributed by atoms with Gasteiger partial charge in [0.2, 0.25) is 0 Å². The molecule has 80 valence electrons. The topological polar surface area (TPSA) is 0 Å². The van der Waals surface area contributed by atoms with Crippen molar-refractivity contribution in [1.82, 2.24) is 0 Å².